The standard InChI is InChI=1S/C31H34ClN3O4/c1-18-7-6-10-23(19(18)2)34-29(37)27-31-16-15-24(39-31)25(28(36)33-22-13-11-21(32)12-14-22)26(31)30(38)35(27)17-20-8-4-3-5-9-20/h3-5,8-9,11-16,18-19,23-27H,6-7,10,17H2,1-2H3,(H,33,36)(H,34,37)/t18?,19?,23?,24-,25?,26-,27?,31?/m1/s1. The van der Waals surface area contributed by atoms with E-state index in [9.17, 15) is 14.4 Å². The van der Waals surface area contributed by atoms with Crippen LogP contribution in [0.25, 0.3) is 0 Å². The second-order valence-corrected chi connectivity index (χ2v) is 12.0. The van der Waals surface area contributed by atoms with Crippen molar-refractivity contribution in [2.75, 3.05) is 5.32 Å². The highest BCUT2D eigenvalue weighted by atomic mass is 35.5. The molecular weight excluding hydrogens is 514 g/mol. The second kappa shape index (κ2) is 10.1. The van der Waals surface area contributed by atoms with Gasteiger partial charge in [-0.2, -0.15) is 0 Å². The van der Waals surface area contributed by atoms with Crippen LogP contribution >= 0.6 is 11.6 Å². The number of carbonyl (C=O) groups is 3. The van der Waals surface area contributed by atoms with E-state index in [0.29, 0.717) is 22.5 Å². The van der Waals surface area contributed by atoms with Crippen LogP contribution in [0.15, 0.2) is 66.7 Å². The molecule has 2 aromatic rings. The summed E-state index contributed by atoms with van der Waals surface area (Å²) in [5.74, 6) is -1.43. The van der Waals surface area contributed by atoms with Gasteiger partial charge in [0.25, 0.3) is 0 Å². The Labute approximate surface area is 233 Å². The van der Waals surface area contributed by atoms with Crippen LogP contribution in [0.2, 0.25) is 5.02 Å². The number of nitrogens with zero attached hydrogens (tertiary/aromatic N) is 1. The molecule has 3 fully saturated rings. The van der Waals surface area contributed by atoms with Crippen molar-refractivity contribution in [3.63, 3.8) is 0 Å². The average Bonchev–Trinajstić information content (AvgIpc) is 3.56. The molecule has 6 unspecified atom stereocenters. The molecule has 1 aliphatic carbocycles. The van der Waals surface area contributed by atoms with E-state index < -0.39 is 29.6 Å². The summed E-state index contributed by atoms with van der Waals surface area (Å²) in [5.41, 5.74) is 0.318. The molecule has 4 aliphatic rings. The third kappa shape index (κ3) is 4.45. The predicted molar refractivity (Wildman–Crippen MR) is 149 cm³/mol. The SMILES string of the molecule is CC1CCCC(NC(=O)C2N(Cc3ccccc3)C(=O)[C@H]3C(C(=O)Nc4ccc(Cl)cc4)[C@H]4C=CC23O4)C1C. The van der Waals surface area contributed by atoms with Gasteiger partial charge in [-0.3, -0.25) is 14.4 Å². The highest BCUT2D eigenvalue weighted by Gasteiger charge is 2.72. The van der Waals surface area contributed by atoms with E-state index in [2.05, 4.69) is 24.5 Å². The smallest absolute Gasteiger partial charge is 0.246 e. The molecule has 8 heteroatoms. The van der Waals surface area contributed by atoms with Gasteiger partial charge in [-0.25, -0.2) is 0 Å². The number of ether oxygens (including phenoxy) is 1. The number of fused-ring (bicyclic) bond motifs is 1. The first kappa shape index (κ1) is 26.1. The average molecular weight is 548 g/mol. The van der Waals surface area contributed by atoms with E-state index in [1.807, 2.05) is 42.5 Å². The summed E-state index contributed by atoms with van der Waals surface area (Å²) in [6.45, 7) is 4.68. The summed E-state index contributed by atoms with van der Waals surface area (Å²) in [6.07, 6.45) is 6.25. The van der Waals surface area contributed by atoms with Crippen LogP contribution in [0, 0.1) is 23.7 Å². The number of anilines is 1. The minimum absolute atomic E-state index is 0.0389. The molecule has 7 nitrogen and oxygen atoms in total. The Hall–Kier alpha value is -3.16. The van der Waals surface area contributed by atoms with Crippen molar-refractivity contribution in [1.29, 1.82) is 0 Å². The predicted octanol–water partition coefficient (Wildman–Crippen LogP) is 4.57. The number of carbonyl (C=O) groups excluding carboxylic acids is 3. The molecule has 0 aromatic heterocycles. The fourth-order valence-electron chi connectivity index (χ4n) is 7.02. The van der Waals surface area contributed by atoms with Gasteiger partial charge in [-0.1, -0.05) is 80.8 Å². The molecule has 1 spiro atoms. The van der Waals surface area contributed by atoms with Gasteiger partial charge in [-0.05, 0) is 48.1 Å². The van der Waals surface area contributed by atoms with Crippen molar-refractivity contribution in [3.8, 4) is 0 Å². The lowest BCUT2D eigenvalue weighted by molar-refractivity contribution is -0.142. The van der Waals surface area contributed by atoms with Crippen LogP contribution in [0.4, 0.5) is 5.69 Å². The number of halogens is 1. The molecule has 3 amide bonds. The van der Waals surface area contributed by atoms with Crippen LogP contribution in [0.1, 0.15) is 38.7 Å². The van der Waals surface area contributed by atoms with Gasteiger partial charge in [0.1, 0.15) is 11.6 Å². The van der Waals surface area contributed by atoms with Gasteiger partial charge in [0.15, 0.2) is 0 Å². The van der Waals surface area contributed by atoms with E-state index in [0.717, 1.165) is 24.8 Å². The lowest BCUT2D eigenvalue weighted by Gasteiger charge is -2.38. The minimum Gasteiger partial charge on any atom is -0.359 e. The Morgan fingerprint density at radius 2 is 1.79 bits per heavy atom. The summed E-state index contributed by atoms with van der Waals surface area (Å²) in [5, 5.41) is 6.79. The van der Waals surface area contributed by atoms with Gasteiger partial charge < -0.3 is 20.3 Å². The number of hydrogen-bond acceptors (Lipinski definition) is 4. The number of likely N-dealkylation sites (tertiary alicyclic amines) is 1. The van der Waals surface area contributed by atoms with Crippen molar-refractivity contribution in [2.45, 2.75) is 63.4 Å². The fourth-order valence-corrected chi connectivity index (χ4v) is 7.15. The molecular formula is C31H34ClN3O4. The maximum absolute atomic E-state index is 14.1. The minimum atomic E-state index is -1.19. The van der Waals surface area contributed by atoms with E-state index in [-0.39, 0.29) is 30.3 Å². The quantitative estimate of drug-likeness (QED) is 0.519. The van der Waals surface area contributed by atoms with Crippen LogP contribution in [-0.2, 0) is 25.7 Å². The molecule has 3 aliphatic heterocycles. The molecule has 1 saturated carbocycles. The first-order chi connectivity index (χ1) is 18.8. The number of rotatable bonds is 6. The van der Waals surface area contributed by atoms with E-state index >= 15 is 0 Å². The van der Waals surface area contributed by atoms with Crippen molar-refractivity contribution < 1.29 is 19.1 Å². The van der Waals surface area contributed by atoms with Crippen molar-refractivity contribution in [3.05, 3.63) is 77.3 Å². The number of benzene rings is 2. The maximum Gasteiger partial charge on any atom is 0.246 e. The topological polar surface area (TPSA) is 87.7 Å². The Morgan fingerprint density at radius 3 is 2.54 bits per heavy atom. The third-order valence-corrected chi connectivity index (χ3v) is 9.52. The number of hydrogen-bond donors (Lipinski definition) is 2. The van der Waals surface area contributed by atoms with Gasteiger partial charge in [0, 0.05) is 23.3 Å². The molecule has 0 radical (unpaired) electrons. The zero-order valence-electron chi connectivity index (χ0n) is 22.2. The maximum atomic E-state index is 14.1. The first-order valence-electron chi connectivity index (χ1n) is 13.9. The molecule has 8 atom stereocenters. The largest absolute Gasteiger partial charge is 0.359 e. The Morgan fingerprint density at radius 1 is 1.05 bits per heavy atom. The third-order valence-electron chi connectivity index (χ3n) is 9.27. The summed E-state index contributed by atoms with van der Waals surface area (Å²) in [6, 6.07) is 15.7. The van der Waals surface area contributed by atoms with Gasteiger partial charge >= 0.3 is 0 Å². The van der Waals surface area contributed by atoms with E-state index in [1.54, 1.807) is 29.2 Å². The highest BCUT2D eigenvalue weighted by molar-refractivity contribution is 6.30. The van der Waals surface area contributed by atoms with Gasteiger partial charge in [-0.15, -0.1) is 0 Å². The summed E-state index contributed by atoms with van der Waals surface area (Å²) in [7, 11) is 0. The normalized spacial score (nSPS) is 34.7. The van der Waals surface area contributed by atoms with Crippen LogP contribution in [0.5, 0.6) is 0 Å². The highest BCUT2D eigenvalue weighted by Crippen LogP contribution is 2.55. The lowest BCUT2D eigenvalue weighted by atomic mass is 9.73. The molecule has 6 rings (SSSR count). The summed E-state index contributed by atoms with van der Waals surface area (Å²) < 4.78 is 6.47. The Bertz CT molecular complexity index is 1300. The molecule has 2 saturated heterocycles. The summed E-state index contributed by atoms with van der Waals surface area (Å²) in [4.78, 5) is 43.5. The molecule has 39 heavy (non-hydrogen) atoms. The monoisotopic (exact) mass is 547 g/mol. The summed E-state index contributed by atoms with van der Waals surface area (Å²) >= 11 is 6.00. The van der Waals surface area contributed by atoms with Crippen LogP contribution in [-0.4, -0.2) is 46.4 Å². The van der Waals surface area contributed by atoms with E-state index in [4.69, 9.17) is 16.3 Å². The Balaban J connectivity index is 1.32. The number of amides is 3. The molecule has 3 heterocycles. The first-order valence-corrected chi connectivity index (χ1v) is 14.2. The van der Waals surface area contributed by atoms with E-state index in [1.165, 1.54) is 0 Å². The molecule has 204 valence electrons. The number of nitrogens with one attached hydrogen (secondary N) is 2. The lowest BCUT2D eigenvalue weighted by Crippen LogP contribution is -2.57. The van der Waals surface area contributed by atoms with Crippen molar-refractivity contribution in [2.24, 2.45) is 23.7 Å². The fraction of sp³-hybridized carbons (Fsp3) is 0.452. The van der Waals surface area contributed by atoms with Gasteiger partial charge in [0.2, 0.25) is 17.7 Å². The Kier molecular flexibility index (Phi) is 6.76. The zero-order valence-corrected chi connectivity index (χ0v) is 22.9. The molecule has 2 aromatic carbocycles. The van der Waals surface area contributed by atoms with Crippen LogP contribution in [0.3, 0.4) is 0 Å². The zero-order chi connectivity index (χ0) is 27.3. The molecule has 2 N–H and O–H groups in total. The molecule has 2 bridgehead atoms. The van der Waals surface area contributed by atoms with Gasteiger partial charge in [0.05, 0.1) is 17.9 Å². The van der Waals surface area contributed by atoms with Crippen molar-refractivity contribution in [1.82, 2.24) is 10.2 Å². The van der Waals surface area contributed by atoms with Crippen LogP contribution < -0.4 is 10.6 Å². The second-order valence-electron chi connectivity index (χ2n) is 11.5. The van der Waals surface area contributed by atoms with Crippen molar-refractivity contribution >= 4 is 35.0 Å².